The van der Waals surface area contributed by atoms with Crippen LogP contribution >= 0.6 is 11.3 Å². The molecule has 2 N–H and O–H groups in total. The van der Waals surface area contributed by atoms with Crippen molar-refractivity contribution in [1.29, 1.82) is 0 Å². The van der Waals surface area contributed by atoms with Gasteiger partial charge in [-0.05, 0) is 42.8 Å². The first kappa shape index (κ1) is 17.3. The van der Waals surface area contributed by atoms with Crippen LogP contribution in [0.15, 0.2) is 54.7 Å². The minimum Gasteiger partial charge on any atom is -0.497 e. The highest BCUT2D eigenvalue weighted by atomic mass is 32.1. The first-order valence-corrected chi connectivity index (χ1v) is 9.42. The molecule has 0 aliphatic rings. The molecular formula is C21H19N3O2S. The van der Waals surface area contributed by atoms with Gasteiger partial charge in [0.1, 0.15) is 5.75 Å². The van der Waals surface area contributed by atoms with Crippen LogP contribution in [-0.2, 0) is 11.2 Å². The Labute approximate surface area is 161 Å². The van der Waals surface area contributed by atoms with Gasteiger partial charge in [-0.25, -0.2) is 4.98 Å². The number of methoxy groups -OCH3 is 1. The fourth-order valence-corrected chi connectivity index (χ4v) is 3.93. The quantitative estimate of drug-likeness (QED) is 0.525. The van der Waals surface area contributed by atoms with Crippen LogP contribution < -0.4 is 10.1 Å². The average molecular weight is 377 g/mol. The summed E-state index contributed by atoms with van der Waals surface area (Å²) in [5.41, 5.74) is 3.89. The first-order valence-electron chi connectivity index (χ1n) is 8.61. The number of hydrogen-bond acceptors (Lipinski definition) is 4. The first-order chi connectivity index (χ1) is 13.1. The Bertz CT molecular complexity index is 1100. The molecular weight excluding hydrogens is 358 g/mol. The van der Waals surface area contributed by atoms with Crippen molar-refractivity contribution in [2.45, 2.75) is 13.3 Å². The summed E-state index contributed by atoms with van der Waals surface area (Å²) in [5, 5.41) is 4.61. The molecule has 0 spiro atoms. The number of anilines is 1. The molecule has 27 heavy (non-hydrogen) atoms. The van der Waals surface area contributed by atoms with Gasteiger partial charge in [0.25, 0.3) is 0 Å². The number of aryl methyl sites for hydroxylation is 1. The zero-order valence-electron chi connectivity index (χ0n) is 15.1. The van der Waals surface area contributed by atoms with E-state index in [4.69, 9.17) is 4.74 Å². The van der Waals surface area contributed by atoms with Crippen molar-refractivity contribution in [1.82, 2.24) is 9.97 Å². The summed E-state index contributed by atoms with van der Waals surface area (Å²) >= 11 is 1.48. The van der Waals surface area contributed by atoms with Crippen molar-refractivity contribution in [3.8, 4) is 17.0 Å². The molecule has 0 bridgehead atoms. The summed E-state index contributed by atoms with van der Waals surface area (Å²) in [5.74, 6) is 0.730. The SMILES string of the molecule is COc1ccc(-c2nc(NC(=O)Cc3c[nH]c4ccccc34)sc2C)cc1. The van der Waals surface area contributed by atoms with E-state index in [2.05, 4.69) is 15.3 Å². The highest BCUT2D eigenvalue weighted by Gasteiger charge is 2.14. The lowest BCUT2D eigenvalue weighted by Gasteiger charge is -2.02. The molecule has 0 radical (unpaired) electrons. The van der Waals surface area contributed by atoms with Gasteiger partial charge >= 0.3 is 0 Å². The van der Waals surface area contributed by atoms with Crippen molar-refractivity contribution in [2.75, 3.05) is 12.4 Å². The second kappa shape index (κ2) is 7.25. The Morgan fingerprint density at radius 3 is 2.74 bits per heavy atom. The van der Waals surface area contributed by atoms with E-state index in [0.717, 1.165) is 38.4 Å². The van der Waals surface area contributed by atoms with Gasteiger partial charge < -0.3 is 15.0 Å². The number of ether oxygens (including phenoxy) is 1. The number of thiazole rings is 1. The summed E-state index contributed by atoms with van der Waals surface area (Å²) in [4.78, 5) is 21.4. The van der Waals surface area contributed by atoms with E-state index >= 15 is 0 Å². The number of para-hydroxylation sites is 1. The van der Waals surface area contributed by atoms with Gasteiger partial charge in [0.15, 0.2) is 5.13 Å². The number of nitrogens with one attached hydrogen (secondary N) is 2. The number of aromatic nitrogens is 2. The van der Waals surface area contributed by atoms with Crippen LogP contribution in [0.1, 0.15) is 10.4 Å². The number of H-pyrrole nitrogens is 1. The molecule has 0 atom stereocenters. The van der Waals surface area contributed by atoms with Gasteiger partial charge in [-0.15, -0.1) is 11.3 Å². The largest absolute Gasteiger partial charge is 0.497 e. The number of aromatic amines is 1. The molecule has 5 nitrogen and oxygen atoms in total. The fourth-order valence-electron chi connectivity index (χ4n) is 3.08. The van der Waals surface area contributed by atoms with Crippen molar-refractivity contribution in [3.63, 3.8) is 0 Å². The maximum Gasteiger partial charge on any atom is 0.230 e. The molecule has 136 valence electrons. The second-order valence-corrected chi connectivity index (χ2v) is 7.44. The van der Waals surface area contributed by atoms with Crippen LogP contribution in [0.3, 0.4) is 0 Å². The van der Waals surface area contributed by atoms with Gasteiger partial charge in [0.05, 0.1) is 19.2 Å². The minimum atomic E-state index is -0.0743. The summed E-state index contributed by atoms with van der Waals surface area (Å²) < 4.78 is 5.20. The highest BCUT2D eigenvalue weighted by molar-refractivity contribution is 7.16. The molecule has 1 amide bonds. The zero-order valence-corrected chi connectivity index (χ0v) is 15.9. The number of fused-ring (bicyclic) bond motifs is 1. The third-order valence-electron chi connectivity index (χ3n) is 4.43. The normalized spacial score (nSPS) is 10.9. The van der Waals surface area contributed by atoms with Crippen LogP contribution in [0.25, 0.3) is 22.2 Å². The number of amides is 1. The molecule has 0 aliphatic carbocycles. The number of hydrogen-bond donors (Lipinski definition) is 2. The van der Waals surface area contributed by atoms with E-state index < -0.39 is 0 Å². The van der Waals surface area contributed by atoms with Crippen LogP contribution in [0.2, 0.25) is 0 Å². The zero-order chi connectivity index (χ0) is 18.8. The van der Waals surface area contributed by atoms with Gasteiger partial charge in [0.2, 0.25) is 5.91 Å². The molecule has 4 rings (SSSR count). The lowest BCUT2D eigenvalue weighted by Crippen LogP contribution is -2.14. The Balaban J connectivity index is 1.50. The van der Waals surface area contributed by atoms with E-state index in [9.17, 15) is 4.79 Å². The topological polar surface area (TPSA) is 67.0 Å². The lowest BCUT2D eigenvalue weighted by atomic mass is 10.1. The van der Waals surface area contributed by atoms with Crippen molar-refractivity contribution >= 4 is 33.3 Å². The summed E-state index contributed by atoms with van der Waals surface area (Å²) in [6.07, 6.45) is 2.20. The average Bonchev–Trinajstić information content (AvgIpc) is 3.25. The molecule has 0 aliphatic heterocycles. The van der Waals surface area contributed by atoms with Gasteiger partial charge in [-0.2, -0.15) is 0 Å². The molecule has 0 saturated heterocycles. The number of carbonyl (C=O) groups excluding carboxylic acids is 1. The highest BCUT2D eigenvalue weighted by Crippen LogP contribution is 2.31. The van der Waals surface area contributed by atoms with Gasteiger partial charge in [0, 0.05) is 27.5 Å². The molecule has 4 aromatic rings. The predicted molar refractivity (Wildman–Crippen MR) is 109 cm³/mol. The Kier molecular flexibility index (Phi) is 4.64. The molecule has 2 aromatic heterocycles. The predicted octanol–water partition coefficient (Wildman–Crippen LogP) is 4.79. The Hall–Kier alpha value is -3.12. The fraction of sp³-hybridized carbons (Fsp3) is 0.143. The third-order valence-corrected chi connectivity index (χ3v) is 5.32. The molecule has 0 saturated carbocycles. The maximum atomic E-state index is 12.5. The van der Waals surface area contributed by atoms with Crippen LogP contribution in [0, 0.1) is 6.92 Å². The van der Waals surface area contributed by atoms with E-state index in [1.807, 2.05) is 61.7 Å². The monoisotopic (exact) mass is 377 g/mol. The Morgan fingerprint density at radius 1 is 1.19 bits per heavy atom. The Morgan fingerprint density at radius 2 is 1.96 bits per heavy atom. The smallest absolute Gasteiger partial charge is 0.230 e. The summed E-state index contributed by atoms with van der Waals surface area (Å²) in [6, 6.07) is 15.7. The van der Waals surface area contributed by atoms with Crippen LogP contribution in [0.4, 0.5) is 5.13 Å². The van der Waals surface area contributed by atoms with E-state index in [0.29, 0.717) is 11.6 Å². The van der Waals surface area contributed by atoms with E-state index in [1.165, 1.54) is 11.3 Å². The number of nitrogens with zero attached hydrogens (tertiary/aromatic N) is 1. The molecule has 6 heteroatoms. The van der Waals surface area contributed by atoms with E-state index in [-0.39, 0.29) is 5.91 Å². The molecule has 0 fully saturated rings. The van der Waals surface area contributed by atoms with Gasteiger partial charge in [-0.3, -0.25) is 4.79 Å². The third kappa shape index (κ3) is 3.57. The van der Waals surface area contributed by atoms with E-state index in [1.54, 1.807) is 7.11 Å². The minimum absolute atomic E-state index is 0.0743. The number of rotatable bonds is 5. The van der Waals surface area contributed by atoms with Crippen molar-refractivity contribution in [2.24, 2.45) is 0 Å². The van der Waals surface area contributed by atoms with Crippen LogP contribution in [0.5, 0.6) is 5.75 Å². The second-order valence-electron chi connectivity index (χ2n) is 6.24. The molecule has 2 heterocycles. The standard InChI is InChI=1S/C21H19N3O2S/c1-13-20(14-7-9-16(26-2)10-8-14)24-21(27-13)23-19(25)11-15-12-22-18-6-4-3-5-17(15)18/h3-10,12,22H,11H2,1-2H3,(H,23,24,25). The van der Waals surface area contributed by atoms with Crippen molar-refractivity contribution in [3.05, 3.63) is 65.2 Å². The summed E-state index contributed by atoms with van der Waals surface area (Å²) in [6.45, 7) is 2.01. The maximum absolute atomic E-state index is 12.5. The summed E-state index contributed by atoms with van der Waals surface area (Å²) in [7, 11) is 1.64. The van der Waals surface area contributed by atoms with Crippen LogP contribution in [-0.4, -0.2) is 23.0 Å². The van der Waals surface area contributed by atoms with Crippen molar-refractivity contribution < 1.29 is 9.53 Å². The lowest BCUT2D eigenvalue weighted by molar-refractivity contribution is -0.115. The molecule has 2 aromatic carbocycles. The molecule has 0 unspecified atom stereocenters. The number of benzene rings is 2. The number of carbonyl (C=O) groups is 1. The van der Waals surface area contributed by atoms with Gasteiger partial charge in [-0.1, -0.05) is 18.2 Å².